The molecule has 0 bridgehead atoms. The fourth-order valence-electron chi connectivity index (χ4n) is 1.82. The fraction of sp³-hybridized carbons (Fsp3) is 0.357. The first-order chi connectivity index (χ1) is 8.84. The summed E-state index contributed by atoms with van der Waals surface area (Å²) in [5.41, 5.74) is 6.70. The number of amides is 1. The average molecular weight is 325 g/mol. The van der Waals surface area contributed by atoms with E-state index in [0.717, 1.165) is 15.4 Å². The van der Waals surface area contributed by atoms with Crippen LogP contribution in [0.15, 0.2) is 27.1 Å². The lowest BCUT2D eigenvalue weighted by molar-refractivity contribution is 0.0888. The Bertz CT molecular complexity index is 632. The van der Waals surface area contributed by atoms with Crippen LogP contribution >= 0.6 is 15.9 Å². The van der Waals surface area contributed by atoms with Crippen molar-refractivity contribution in [2.24, 2.45) is 5.73 Å². The number of benzene rings is 1. The van der Waals surface area contributed by atoms with Crippen LogP contribution in [-0.4, -0.2) is 18.0 Å². The highest BCUT2D eigenvalue weighted by Gasteiger charge is 2.24. The summed E-state index contributed by atoms with van der Waals surface area (Å²) in [6.45, 7) is 5.99. The highest BCUT2D eigenvalue weighted by atomic mass is 79.9. The second kappa shape index (κ2) is 4.98. The molecule has 0 spiro atoms. The Morgan fingerprint density at radius 1 is 1.47 bits per heavy atom. The van der Waals surface area contributed by atoms with Gasteiger partial charge >= 0.3 is 0 Å². The van der Waals surface area contributed by atoms with Crippen molar-refractivity contribution >= 4 is 32.8 Å². The largest absolute Gasteiger partial charge is 0.451 e. The normalized spacial score (nSPS) is 11.8. The number of carbonyl (C=O) groups is 1. The van der Waals surface area contributed by atoms with E-state index in [-0.39, 0.29) is 5.91 Å². The molecule has 2 aromatic rings. The molecule has 1 heterocycles. The molecule has 0 saturated heterocycles. The molecule has 2 rings (SSSR count). The number of fused-ring (bicyclic) bond motifs is 1. The zero-order chi connectivity index (χ0) is 14.2. The number of halogens is 1. The van der Waals surface area contributed by atoms with Gasteiger partial charge in [0.2, 0.25) is 0 Å². The molecule has 0 fully saturated rings. The molecular formula is C14H17BrN2O2. The number of rotatable bonds is 3. The maximum Gasteiger partial charge on any atom is 0.287 e. The van der Waals surface area contributed by atoms with Crippen molar-refractivity contribution in [2.75, 3.05) is 6.54 Å². The van der Waals surface area contributed by atoms with Gasteiger partial charge in [0.1, 0.15) is 5.58 Å². The summed E-state index contributed by atoms with van der Waals surface area (Å²) in [5, 5.41) is 3.80. The predicted molar refractivity (Wildman–Crippen MR) is 79.3 cm³/mol. The van der Waals surface area contributed by atoms with Gasteiger partial charge in [-0.1, -0.05) is 15.9 Å². The number of hydrogen-bond donors (Lipinski definition) is 2. The van der Waals surface area contributed by atoms with Crippen LogP contribution in [0.5, 0.6) is 0 Å². The minimum atomic E-state index is -0.455. The van der Waals surface area contributed by atoms with E-state index in [2.05, 4.69) is 21.2 Å². The Morgan fingerprint density at radius 3 is 2.79 bits per heavy atom. The van der Waals surface area contributed by atoms with Crippen molar-refractivity contribution in [1.82, 2.24) is 5.32 Å². The zero-order valence-electron chi connectivity index (χ0n) is 11.2. The third-order valence-corrected chi connectivity index (χ3v) is 3.56. The lowest BCUT2D eigenvalue weighted by atomic mass is 10.1. The van der Waals surface area contributed by atoms with E-state index < -0.39 is 5.54 Å². The van der Waals surface area contributed by atoms with Gasteiger partial charge in [-0.2, -0.15) is 0 Å². The zero-order valence-corrected chi connectivity index (χ0v) is 12.8. The van der Waals surface area contributed by atoms with Crippen LogP contribution in [0, 0.1) is 6.92 Å². The summed E-state index contributed by atoms with van der Waals surface area (Å²) < 4.78 is 6.59. The maximum absolute atomic E-state index is 12.2. The van der Waals surface area contributed by atoms with Crippen molar-refractivity contribution in [3.63, 3.8) is 0 Å². The highest BCUT2D eigenvalue weighted by Crippen LogP contribution is 2.28. The molecule has 1 aromatic carbocycles. The summed E-state index contributed by atoms with van der Waals surface area (Å²) >= 11 is 3.41. The van der Waals surface area contributed by atoms with Gasteiger partial charge in [-0.05, 0) is 39.0 Å². The van der Waals surface area contributed by atoms with Gasteiger partial charge in [-0.25, -0.2) is 0 Å². The Labute approximate surface area is 120 Å². The summed E-state index contributed by atoms with van der Waals surface area (Å²) in [6.07, 6.45) is 0. The topological polar surface area (TPSA) is 68.3 Å². The first-order valence-corrected chi connectivity index (χ1v) is 6.84. The second-order valence-corrected chi connectivity index (χ2v) is 6.15. The Morgan fingerprint density at radius 2 is 2.16 bits per heavy atom. The van der Waals surface area contributed by atoms with Crippen LogP contribution in [0.25, 0.3) is 11.0 Å². The van der Waals surface area contributed by atoms with E-state index in [4.69, 9.17) is 10.2 Å². The van der Waals surface area contributed by atoms with E-state index >= 15 is 0 Å². The van der Waals surface area contributed by atoms with Crippen molar-refractivity contribution in [3.8, 4) is 0 Å². The minimum Gasteiger partial charge on any atom is -0.451 e. The molecule has 0 saturated carbocycles. The SMILES string of the molecule is Cc1c(C(=O)NC(C)(C)CN)oc2ccc(Br)cc12. The van der Waals surface area contributed by atoms with E-state index in [9.17, 15) is 4.79 Å². The monoisotopic (exact) mass is 324 g/mol. The van der Waals surface area contributed by atoms with Gasteiger partial charge in [-0.3, -0.25) is 4.79 Å². The molecule has 0 unspecified atom stereocenters. The maximum atomic E-state index is 12.2. The first kappa shape index (κ1) is 14.1. The summed E-state index contributed by atoms with van der Waals surface area (Å²) in [4.78, 5) is 12.2. The van der Waals surface area contributed by atoms with E-state index in [0.29, 0.717) is 17.9 Å². The predicted octanol–water partition coefficient (Wildman–Crippen LogP) is 2.97. The third-order valence-electron chi connectivity index (χ3n) is 3.07. The quantitative estimate of drug-likeness (QED) is 0.912. The smallest absolute Gasteiger partial charge is 0.287 e. The molecule has 0 atom stereocenters. The summed E-state index contributed by atoms with van der Waals surface area (Å²) in [7, 11) is 0. The van der Waals surface area contributed by atoms with Crippen molar-refractivity contribution < 1.29 is 9.21 Å². The molecule has 0 aliphatic heterocycles. The number of nitrogens with one attached hydrogen (secondary N) is 1. The molecule has 0 aliphatic carbocycles. The lowest BCUT2D eigenvalue weighted by Crippen LogP contribution is -2.48. The number of hydrogen-bond acceptors (Lipinski definition) is 3. The van der Waals surface area contributed by atoms with Crippen LogP contribution in [0.2, 0.25) is 0 Å². The van der Waals surface area contributed by atoms with Crippen LogP contribution in [-0.2, 0) is 0 Å². The summed E-state index contributed by atoms with van der Waals surface area (Å²) in [5.74, 6) is 0.106. The van der Waals surface area contributed by atoms with Gasteiger partial charge < -0.3 is 15.5 Å². The van der Waals surface area contributed by atoms with E-state index in [1.807, 2.05) is 39.0 Å². The van der Waals surface area contributed by atoms with Crippen molar-refractivity contribution in [1.29, 1.82) is 0 Å². The molecule has 1 amide bonds. The van der Waals surface area contributed by atoms with E-state index in [1.54, 1.807) is 0 Å². The Balaban J connectivity index is 2.40. The minimum absolute atomic E-state index is 0.236. The molecule has 0 radical (unpaired) electrons. The Kier molecular flexibility index (Phi) is 3.69. The van der Waals surface area contributed by atoms with Gasteiger partial charge in [0.05, 0.1) is 0 Å². The van der Waals surface area contributed by atoms with Crippen molar-refractivity contribution in [3.05, 3.63) is 34.0 Å². The van der Waals surface area contributed by atoms with Gasteiger partial charge in [0.25, 0.3) is 5.91 Å². The highest BCUT2D eigenvalue weighted by molar-refractivity contribution is 9.10. The third kappa shape index (κ3) is 2.82. The molecule has 19 heavy (non-hydrogen) atoms. The van der Waals surface area contributed by atoms with Gasteiger partial charge in [0, 0.05) is 27.5 Å². The molecule has 4 nitrogen and oxygen atoms in total. The lowest BCUT2D eigenvalue weighted by Gasteiger charge is -2.23. The van der Waals surface area contributed by atoms with Crippen molar-refractivity contribution in [2.45, 2.75) is 26.3 Å². The van der Waals surface area contributed by atoms with Crippen LogP contribution in [0.1, 0.15) is 30.0 Å². The average Bonchev–Trinajstić information content (AvgIpc) is 2.66. The number of furan rings is 1. The van der Waals surface area contributed by atoms with Crippen LogP contribution in [0.3, 0.4) is 0 Å². The molecule has 102 valence electrons. The number of nitrogens with two attached hydrogens (primary N) is 1. The molecular weight excluding hydrogens is 308 g/mol. The summed E-state index contributed by atoms with van der Waals surface area (Å²) in [6, 6.07) is 5.67. The van der Waals surface area contributed by atoms with Crippen LogP contribution < -0.4 is 11.1 Å². The standard InChI is InChI=1S/C14H17BrN2O2/c1-8-10-6-9(15)4-5-11(10)19-12(8)13(18)17-14(2,3)7-16/h4-6H,7,16H2,1-3H3,(H,17,18). The molecule has 5 heteroatoms. The Hall–Kier alpha value is -1.33. The van der Waals surface area contributed by atoms with Gasteiger partial charge in [-0.15, -0.1) is 0 Å². The van der Waals surface area contributed by atoms with Gasteiger partial charge in [0.15, 0.2) is 5.76 Å². The van der Waals surface area contributed by atoms with E-state index in [1.165, 1.54) is 0 Å². The van der Waals surface area contributed by atoms with Crippen LogP contribution in [0.4, 0.5) is 0 Å². The fourth-order valence-corrected chi connectivity index (χ4v) is 2.19. The molecule has 1 aromatic heterocycles. The first-order valence-electron chi connectivity index (χ1n) is 6.05. The number of aryl methyl sites for hydroxylation is 1. The molecule has 3 N–H and O–H groups in total. The molecule has 0 aliphatic rings. The number of carbonyl (C=O) groups excluding carboxylic acids is 1. The second-order valence-electron chi connectivity index (χ2n) is 5.24.